The number of anilines is 1. The number of rotatable bonds is 6. The summed E-state index contributed by atoms with van der Waals surface area (Å²) < 4.78 is 26.6. The summed E-state index contributed by atoms with van der Waals surface area (Å²) in [5.74, 6) is -2.89. The molecule has 2 heterocycles. The lowest BCUT2D eigenvalue weighted by atomic mass is 9.84. The van der Waals surface area contributed by atoms with Gasteiger partial charge in [0.1, 0.15) is 5.54 Å². The topological polar surface area (TPSA) is 108 Å². The van der Waals surface area contributed by atoms with Crippen LogP contribution >= 0.6 is 0 Å². The molecular formula is C19H25F2N5O3. The first-order valence-electron chi connectivity index (χ1n) is 9.58. The highest BCUT2D eigenvalue weighted by molar-refractivity contribution is 6.07. The van der Waals surface area contributed by atoms with Crippen LogP contribution in [0.15, 0.2) is 18.2 Å². The highest BCUT2D eigenvalue weighted by Crippen LogP contribution is 2.26. The van der Waals surface area contributed by atoms with Crippen LogP contribution in [-0.2, 0) is 9.59 Å². The van der Waals surface area contributed by atoms with Gasteiger partial charge in [0, 0.05) is 43.9 Å². The molecule has 0 aromatic heterocycles. The molecule has 2 fully saturated rings. The molecule has 2 aliphatic heterocycles. The Bertz CT molecular complexity index is 813. The number of carbonyl (C=O) groups is 3. The third kappa shape index (κ3) is 4.31. The number of nitrogens with two attached hydrogens (primary N) is 1. The van der Waals surface area contributed by atoms with Crippen molar-refractivity contribution in [2.45, 2.75) is 25.3 Å². The SMILES string of the molecule is CC(CC1(CCN)NC(=O)NC1=O)C(=O)N1CCN(c2ccc(F)c(F)c2)CC1. The van der Waals surface area contributed by atoms with Gasteiger partial charge in [-0.25, -0.2) is 13.6 Å². The van der Waals surface area contributed by atoms with Crippen molar-refractivity contribution in [2.24, 2.45) is 11.7 Å². The van der Waals surface area contributed by atoms with Gasteiger partial charge in [-0.15, -0.1) is 0 Å². The van der Waals surface area contributed by atoms with Gasteiger partial charge in [-0.3, -0.25) is 14.9 Å². The average Bonchev–Trinajstić information content (AvgIpc) is 2.96. The van der Waals surface area contributed by atoms with Crippen molar-refractivity contribution in [1.29, 1.82) is 0 Å². The number of imide groups is 1. The fourth-order valence-electron chi connectivity index (χ4n) is 3.98. The van der Waals surface area contributed by atoms with E-state index in [4.69, 9.17) is 5.73 Å². The number of piperazine rings is 1. The lowest BCUT2D eigenvalue weighted by molar-refractivity contribution is -0.136. The Labute approximate surface area is 167 Å². The van der Waals surface area contributed by atoms with Gasteiger partial charge >= 0.3 is 6.03 Å². The van der Waals surface area contributed by atoms with Crippen LogP contribution in [0.4, 0.5) is 19.3 Å². The highest BCUT2D eigenvalue weighted by atomic mass is 19.2. The van der Waals surface area contributed by atoms with Crippen LogP contribution in [0.1, 0.15) is 19.8 Å². The summed E-state index contributed by atoms with van der Waals surface area (Å²) in [7, 11) is 0. The van der Waals surface area contributed by atoms with E-state index in [0.717, 1.165) is 12.1 Å². The van der Waals surface area contributed by atoms with Gasteiger partial charge in [0.05, 0.1) is 0 Å². The number of carbonyl (C=O) groups excluding carboxylic acids is 3. The second kappa shape index (κ2) is 8.32. The molecule has 158 valence electrons. The Hall–Kier alpha value is -2.75. The molecule has 2 saturated heterocycles. The van der Waals surface area contributed by atoms with Gasteiger partial charge in [-0.1, -0.05) is 6.92 Å². The fraction of sp³-hybridized carbons (Fsp3) is 0.526. The minimum absolute atomic E-state index is 0.125. The molecule has 2 aliphatic rings. The van der Waals surface area contributed by atoms with Crippen molar-refractivity contribution >= 4 is 23.5 Å². The summed E-state index contributed by atoms with van der Waals surface area (Å²) in [5, 5.41) is 4.84. The maximum atomic E-state index is 13.5. The maximum absolute atomic E-state index is 13.5. The molecule has 0 radical (unpaired) electrons. The molecule has 2 unspecified atom stereocenters. The predicted molar refractivity (Wildman–Crippen MR) is 102 cm³/mol. The third-order valence-electron chi connectivity index (χ3n) is 5.52. The summed E-state index contributed by atoms with van der Waals surface area (Å²) in [5.41, 5.74) is 5.00. The smallest absolute Gasteiger partial charge is 0.322 e. The molecule has 4 N–H and O–H groups in total. The van der Waals surface area contributed by atoms with Crippen LogP contribution < -0.4 is 21.3 Å². The van der Waals surface area contributed by atoms with E-state index in [1.807, 2.05) is 4.90 Å². The molecule has 8 nitrogen and oxygen atoms in total. The van der Waals surface area contributed by atoms with E-state index >= 15 is 0 Å². The zero-order valence-corrected chi connectivity index (χ0v) is 16.2. The number of hydrogen-bond acceptors (Lipinski definition) is 5. The number of halogens is 2. The van der Waals surface area contributed by atoms with Crippen molar-refractivity contribution in [3.8, 4) is 0 Å². The van der Waals surface area contributed by atoms with E-state index in [2.05, 4.69) is 10.6 Å². The van der Waals surface area contributed by atoms with Gasteiger partial charge in [0.15, 0.2) is 11.6 Å². The fourth-order valence-corrected chi connectivity index (χ4v) is 3.98. The van der Waals surface area contributed by atoms with Crippen LogP contribution in [0.25, 0.3) is 0 Å². The Morgan fingerprint density at radius 2 is 1.90 bits per heavy atom. The first-order chi connectivity index (χ1) is 13.8. The summed E-state index contributed by atoms with van der Waals surface area (Å²) >= 11 is 0. The number of nitrogens with one attached hydrogen (secondary N) is 2. The molecular weight excluding hydrogens is 384 g/mol. The minimum Gasteiger partial charge on any atom is -0.368 e. The quantitative estimate of drug-likeness (QED) is 0.596. The zero-order valence-electron chi connectivity index (χ0n) is 16.2. The Kier molecular flexibility index (Phi) is 6.02. The highest BCUT2D eigenvalue weighted by Gasteiger charge is 2.47. The lowest BCUT2D eigenvalue weighted by Crippen LogP contribution is -2.53. The van der Waals surface area contributed by atoms with E-state index in [0.29, 0.717) is 31.9 Å². The molecule has 0 aliphatic carbocycles. The second-order valence-electron chi connectivity index (χ2n) is 7.54. The molecule has 2 atom stereocenters. The standard InChI is InChI=1S/C19H25F2N5O3/c1-12(11-19(4-5-22)17(28)23-18(29)24-19)16(27)26-8-6-25(7-9-26)13-2-3-14(20)15(21)10-13/h2-3,10,12H,4-9,11,22H2,1H3,(H2,23,24,28,29). The first kappa shape index (κ1) is 21.0. The van der Waals surface area contributed by atoms with Crippen LogP contribution in [0.2, 0.25) is 0 Å². The predicted octanol–water partition coefficient (Wildman–Crippen LogP) is 0.567. The van der Waals surface area contributed by atoms with Gasteiger partial charge in [0.25, 0.3) is 5.91 Å². The third-order valence-corrected chi connectivity index (χ3v) is 5.52. The molecule has 3 rings (SSSR count). The summed E-state index contributed by atoms with van der Waals surface area (Å²) in [6, 6.07) is 3.16. The number of amides is 4. The van der Waals surface area contributed by atoms with Gasteiger partial charge in [-0.2, -0.15) is 0 Å². The van der Waals surface area contributed by atoms with Crippen molar-refractivity contribution in [2.75, 3.05) is 37.6 Å². The van der Waals surface area contributed by atoms with Gasteiger partial charge in [0.2, 0.25) is 5.91 Å². The molecule has 1 aromatic rings. The summed E-state index contributed by atoms with van der Waals surface area (Å²) in [6.07, 6.45) is 0.399. The molecule has 4 amide bonds. The minimum atomic E-state index is -1.17. The molecule has 0 saturated carbocycles. The number of benzene rings is 1. The van der Waals surface area contributed by atoms with E-state index in [1.165, 1.54) is 6.07 Å². The largest absolute Gasteiger partial charge is 0.368 e. The van der Waals surface area contributed by atoms with Crippen LogP contribution in [-0.4, -0.2) is 61.0 Å². The molecule has 10 heteroatoms. The lowest BCUT2D eigenvalue weighted by Gasteiger charge is -2.38. The zero-order chi connectivity index (χ0) is 21.2. The van der Waals surface area contributed by atoms with Crippen LogP contribution in [0.3, 0.4) is 0 Å². The van der Waals surface area contributed by atoms with E-state index < -0.39 is 35.0 Å². The van der Waals surface area contributed by atoms with Crippen molar-refractivity contribution in [1.82, 2.24) is 15.5 Å². The normalized spacial score (nSPS) is 23.0. The van der Waals surface area contributed by atoms with E-state index in [9.17, 15) is 23.2 Å². The van der Waals surface area contributed by atoms with Crippen molar-refractivity contribution in [3.05, 3.63) is 29.8 Å². The summed E-state index contributed by atoms with van der Waals surface area (Å²) in [4.78, 5) is 40.3. The van der Waals surface area contributed by atoms with Crippen molar-refractivity contribution < 1.29 is 23.2 Å². The maximum Gasteiger partial charge on any atom is 0.322 e. The molecule has 0 spiro atoms. The average molecular weight is 409 g/mol. The van der Waals surface area contributed by atoms with Crippen LogP contribution in [0.5, 0.6) is 0 Å². The van der Waals surface area contributed by atoms with Crippen molar-refractivity contribution in [3.63, 3.8) is 0 Å². The Morgan fingerprint density at radius 3 is 2.45 bits per heavy atom. The Morgan fingerprint density at radius 1 is 1.21 bits per heavy atom. The number of hydrogen-bond donors (Lipinski definition) is 3. The van der Waals surface area contributed by atoms with E-state index in [1.54, 1.807) is 11.8 Å². The monoisotopic (exact) mass is 409 g/mol. The number of urea groups is 1. The van der Waals surface area contributed by atoms with Crippen LogP contribution in [0, 0.1) is 17.6 Å². The number of nitrogens with zero attached hydrogens (tertiary/aromatic N) is 2. The second-order valence-corrected chi connectivity index (χ2v) is 7.54. The van der Waals surface area contributed by atoms with E-state index in [-0.39, 0.29) is 25.3 Å². The van der Waals surface area contributed by atoms with Gasteiger partial charge in [-0.05, 0) is 31.5 Å². The first-order valence-corrected chi connectivity index (χ1v) is 9.58. The molecule has 0 bridgehead atoms. The summed E-state index contributed by atoms with van der Waals surface area (Å²) in [6.45, 7) is 3.72. The molecule has 29 heavy (non-hydrogen) atoms. The molecule has 1 aromatic carbocycles. The Balaban J connectivity index is 1.60. The van der Waals surface area contributed by atoms with Gasteiger partial charge < -0.3 is 20.9 Å².